The first-order chi connectivity index (χ1) is 23.3. The molecule has 7 heteroatoms. The van der Waals surface area contributed by atoms with Gasteiger partial charge in [0, 0.05) is 25.3 Å². The number of aliphatic hydroxyl groups excluding tert-OH is 1. The van der Waals surface area contributed by atoms with Gasteiger partial charge in [0.05, 0.1) is 12.7 Å². The first-order valence-corrected chi connectivity index (χ1v) is 19.0. The van der Waals surface area contributed by atoms with Gasteiger partial charge in [-0.05, 0) is 133 Å². The number of benzene rings is 1. The van der Waals surface area contributed by atoms with E-state index in [0.29, 0.717) is 29.9 Å². The minimum Gasteiger partial charge on any atom is -0.462 e. The molecule has 6 rings (SSSR count). The lowest BCUT2D eigenvalue weighted by Crippen LogP contribution is -2.64. The lowest BCUT2D eigenvalue weighted by Gasteiger charge is -2.71. The van der Waals surface area contributed by atoms with E-state index < -0.39 is 17.9 Å². The van der Waals surface area contributed by atoms with E-state index in [-0.39, 0.29) is 50.1 Å². The van der Waals surface area contributed by atoms with Crippen LogP contribution in [0.25, 0.3) is 6.08 Å². The zero-order valence-electron chi connectivity index (χ0n) is 31.9. The highest BCUT2D eigenvalue weighted by atomic mass is 16.6. The number of rotatable bonds is 6. The summed E-state index contributed by atoms with van der Waals surface area (Å²) in [5.74, 6) is 0.404. The van der Waals surface area contributed by atoms with E-state index in [4.69, 9.17) is 14.2 Å². The van der Waals surface area contributed by atoms with Crippen molar-refractivity contribution in [2.24, 2.45) is 50.2 Å². The highest BCUT2D eigenvalue weighted by Crippen LogP contribution is 2.75. The van der Waals surface area contributed by atoms with Crippen molar-refractivity contribution < 1.29 is 33.7 Å². The third kappa shape index (κ3) is 6.07. The molecule has 0 spiro atoms. The zero-order valence-corrected chi connectivity index (χ0v) is 31.9. The number of fused-ring (bicyclic) bond motifs is 7. The van der Waals surface area contributed by atoms with Crippen molar-refractivity contribution in [2.45, 2.75) is 133 Å². The molecule has 50 heavy (non-hydrogen) atoms. The van der Waals surface area contributed by atoms with Crippen molar-refractivity contribution in [1.82, 2.24) is 0 Å². The van der Waals surface area contributed by atoms with Crippen molar-refractivity contribution in [1.29, 1.82) is 0 Å². The Morgan fingerprint density at radius 3 is 2.22 bits per heavy atom. The van der Waals surface area contributed by atoms with Crippen LogP contribution in [0.5, 0.6) is 11.5 Å². The molecule has 0 bridgehead atoms. The maximum Gasteiger partial charge on any atom is 0.330 e. The van der Waals surface area contributed by atoms with Gasteiger partial charge in [-0.2, -0.15) is 0 Å². The fraction of sp³-hybridized carbons (Fsp3) is 0.698. The van der Waals surface area contributed by atoms with Gasteiger partial charge in [0.2, 0.25) is 0 Å². The zero-order chi connectivity index (χ0) is 36.5. The Morgan fingerprint density at radius 2 is 1.52 bits per heavy atom. The molecular weight excluding hydrogens is 628 g/mol. The molecule has 0 heterocycles. The first kappa shape index (κ1) is 36.8. The van der Waals surface area contributed by atoms with Crippen molar-refractivity contribution in [3.63, 3.8) is 0 Å². The van der Waals surface area contributed by atoms with Gasteiger partial charge in [-0.3, -0.25) is 9.59 Å². The second-order valence-corrected chi connectivity index (χ2v) is 18.7. The summed E-state index contributed by atoms with van der Waals surface area (Å²) in [6.07, 6.45) is 16.7. The summed E-state index contributed by atoms with van der Waals surface area (Å²) in [6.45, 7) is 20.2. The van der Waals surface area contributed by atoms with Gasteiger partial charge in [-0.25, -0.2) is 4.79 Å². The van der Waals surface area contributed by atoms with Gasteiger partial charge in [0.1, 0.15) is 0 Å². The van der Waals surface area contributed by atoms with E-state index in [9.17, 15) is 19.5 Å². The van der Waals surface area contributed by atoms with Crippen LogP contribution in [0.4, 0.5) is 0 Å². The maximum absolute atomic E-state index is 13.0. The highest BCUT2D eigenvalue weighted by molar-refractivity contribution is 5.87. The average molecular weight is 689 g/mol. The van der Waals surface area contributed by atoms with E-state index in [2.05, 4.69) is 54.5 Å². The molecule has 0 aromatic heterocycles. The molecule has 0 aliphatic heterocycles. The molecule has 5 aliphatic rings. The number of hydrogen-bond donors (Lipinski definition) is 1. The Bertz CT molecular complexity index is 1610. The summed E-state index contributed by atoms with van der Waals surface area (Å²) in [7, 11) is 0. The van der Waals surface area contributed by atoms with Crippen LogP contribution in [0.1, 0.15) is 132 Å². The fourth-order valence-electron chi connectivity index (χ4n) is 12.1. The number of esters is 3. The summed E-state index contributed by atoms with van der Waals surface area (Å²) in [5, 5.41) is 11.0. The Kier molecular flexibility index (Phi) is 9.31. The van der Waals surface area contributed by atoms with Crippen LogP contribution in [0, 0.1) is 50.2 Å². The number of allylic oxidation sites excluding steroid dienone is 2. The predicted molar refractivity (Wildman–Crippen MR) is 194 cm³/mol. The molecule has 0 radical (unpaired) electrons. The maximum atomic E-state index is 13.0. The van der Waals surface area contributed by atoms with Crippen molar-refractivity contribution >= 4 is 24.0 Å². The van der Waals surface area contributed by atoms with E-state index in [1.54, 1.807) is 23.8 Å². The Balaban J connectivity index is 1.17. The molecule has 9 atom stereocenters. The van der Waals surface area contributed by atoms with Gasteiger partial charge in [-0.1, -0.05) is 66.2 Å². The van der Waals surface area contributed by atoms with E-state index in [0.717, 1.165) is 38.5 Å². The molecule has 7 nitrogen and oxygen atoms in total. The molecule has 5 aliphatic carbocycles. The third-order valence-corrected chi connectivity index (χ3v) is 15.4. The Morgan fingerprint density at radius 1 is 0.840 bits per heavy atom. The minimum atomic E-state index is -0.539. The molecular formula is C43H60O7. The fourth-order valence-corrected chi connectivity index (χ4v) is 12.1. The largest absolute Gasteiger partial charge is 0.462 e. The third-order valence-electron chi connectivity index (χ3n) is 15.4. The summed E-state index contributed by atoms with van der Waals surface area (Å²) in [5.41, 5.74) is 2.98. The smallest absolute Gasteiger partial charge is 0.330 e. The Hall–Kier alpha value is -2.93. The molecule has 274 valence electrons. The monoisotopic (exact) mass is 688 g/mol. The number of carbonyl (C=O) groups is 3. The molecule has 1 aromatic rings. The molecule has 4 fully saturated rings. The van der Waals surface area contributed by atoms with Crippen LogP contribution >= 0.6 is 0 Å². The van der Waals surface area contributed by atoms with E-state index in [1.165, 1.54) is 51.7 Å². The highest BCUT2D eigenvalue weighted by Gasteiger charge is 2.68. The molecule has 1 aromatic carbocycles. The molecule has 0 amide bonds. The second kappa shape index (κ2) is 12.6. The molecule has 4 saturated carbocycles. The summed E-state index contributed by atoms with van der Waals surface area (Å²) < 4.78 is 16.3. The van der Waals surface area contributed by atoms with Crippen molar-refractivity contribution in [2.75, 3.05) is 6.61 Å². The number of carbonyl (C=O) groups excluding carboxylic acids is 3. The van der Waals surface area contributed by atoms with Crippen molar-refractivity contribution in [3.8, 4) is 11.5 Å². The summed E-state index contributed by atoms with van der Waals surface area (Å²) in [6, 6.07) is 4.78. The van der Waals surface area contributed by atoms with E-state index in [1.807, 2.05) is 0 Å². The lowest BCUT2D eigenvalue weighted by molar-refractivity contribution is -0.203. The predicted octanol–water partition coefficient (Wildman–Crippen LogP) is 9.26. The lowest BCUT2D eigenvalue weighted by atomic mass is 9.33. The number of aliphatic hydroxyl groups is 1. The SMILES string of the molecule is CC(=O)Oc1ccc(/C=C/C(=O)OC[C@@]2(C)CC[C@]3(C)CC[C@]4(C)C(=CC[C@@H]5[C@@]6(C)CC[C@H](O)C(C)(C)[C@@H]6CC[C@]54C)[C@@H]3C2)cc1OC(C)=O. The van der Waals surface area contributed by atoms with Gasteiger partial charge in [-0.15, -0.1) is 0 Å². The first-order valence-electron chi connectivity index (χ1n) is 19.0. The number of ether oxygens (including phenoxy) is 3. The van der Waals surface area contributed by atoms with Gasteiger partial charge < -0.3 is 19.3 Å². The minimum absolute atomic E-state index is 0.0507. The second-order valence-electron chi connectivity index (χ2n) is 18.7. The average Bonchev–Trinajstić information content (AvgIpc) is 3.03. The van der Waals surface area contributed by atoms with Gasteiger partial charge in [0.25, 0.3) is 0 Å². The van der Waals surface area contributed by atoms with Crippen LogP contribution in [0.3, 0.4) is 0 Å². The van der Waals surface area contributed by atoms with Crippen LogP contribution in [-0.2, 0) is 19.1 Å². The normalized spacial score (nSPS) is 40.3. The Labute approximate surface area is 299 Å². The topological polar surface area (TPSA) is 99.1 Å². The van der Waals surface area contributed by atoms with Crippen LogP contribution in [-0.4, -0.2) is 35.7 Å². The van der Waals surface area contributed by atoms with Crippen molar-refractivity contribution in [3.05, 3.63) is 41.5 Å². The van der Waals surface area contributed by atoms with Crippen LogP contribution < -0.4 is 9.47 Å². The molecule has 0 saturated heterocycles. The molecule has 1 N–H and O–H groups in total. The summed E-state index contributed by atoms with van der Waals surface area (Å²) in [4.78, 5) is 36.1. The molecule has 0 unspecified atom stereocenters. The van der Waals surface area contributed by atoms with Crippen LogP contribution in [0.15, 0.2) is 35.9 Å². The quantitative estimate of drug-likeness (QED) is 0.138. The number of hydrogen-bond acceptors (Lipinski definition) is 7. The van der Waals surface area contributed by atoms with Crippen LogP contribution in [0.2, 0.25) is 0 Å². The standard InChI is InChI=1S/C43H60O7/c1-27(44)49-32-13-10-29(24-33(32)50-28(2)45)11-15-37(47)48-26-39(5)20-21-40(6)22-23-42(8)30(31(40)25-39)12-14-35-41(7)18-17-36(46)38(3,4)34(41)16-19-43(35,42)9/h10-13,15,24,31,34-36,46H,14,16-23,25-26H2,1-9H3/b15-11+/t31-,34-,35+,36-,39-,40+,41-,42+,43+/m0/s1. The van der Waals surface area contributed by atoms with Gasteiger partial charge in [0.15, 0.2) is 11.5 Å². The van der Waals surface area contributed by atoms with Gasteiger partial charge >= 0.3 is 17.9 Å². The van der Waals surface area contributed by atoms with E-state index >= 15 is 0 Å². The summed E-state index contributed by atoms with van der Waals surface area (Å²) >= 11 is 0.